The van der Waals surface area contributed by atoms with E-state index in [1.54, 1.807) is 0 Å². The summed E-state index contributed by atoms with van der Waals surface area (Å²) in [5.41, 5.74) is 7.82. The van der Waals surface area contributed by atoms with E-state index in [-0.39, 0.29) is 5.54 Å². The maximum absolute atomic E-state index is 2.57. The van der Waals surface area contributed by atoms with Gasteiger partial charge in [0.2, 0.25) is 5.69 Å². The van der Waals surface area contributed by atoms with Gasteiger partial charge in [-0.25, -0.2) is 0 Å². The minimum absolute atomic E-state index is 0.123. The molecule has 166 valence electrons. The summed E-state index contributed by atoms with van der Waals surface area (Å²) in [5.74, 6) is 0.498. The zero-order chi connectivity index (χ0) is 22.8. The lowest BCUT2D eigenvalue weighted by Crippen LogP contribution is -2.62. The van der Waals surface area contributed by atoms with Crippen molar-refractivity contribution >= 4 is 17.1 Å². The van der Waals surface area contributed by atoms with E-state index in [0.29, 0.717) is 5.92 Å². The van der Waals surface area contributed by atoms with Gasteiger partial charge in [-0.1, -0.05) is 63.2 Å². The summed E-state index contributed by atoms with van der Waals surface area (Å²) in [5, 5.41) is 0. The molecule has 2 heteroatoms. The first-order valence-corrected chi connectivity index (χ1v) is 12.3. The second-order valence-corrected chi connectivity index (χ2v) is 9.01. The number of benzene rings is 3. The largest absolute Gasteiger partial charge is 0.310 e. The number of fused-ring (bicyclic) bond motifs is 3. The number of anilines is 3. The molecule has 0 radical (unpaired) electrons. The van der Waals surface area contributed by atoms with E-state index in [1.807, 2.05) is 0 Å². The van der Waals surface area contributed by atoms with Crippen LogP contribution < -0.4 is 9.47 Å². The monoisotopic (exact) mass is 433 g/mol. The summed E-state index contributed by atoms with van der Waals surface area (Å²) in [4.78, 5) is 2.36. The van der Waals surface area contributed by atoms with E-state index < -0.39 is 0 Å². The molecule has 2 heterocycles. The second-order valence-electron chi connectivity index (χ2n) is 9.01. The molecule has 0 amide bonds. The zero-order valence-corrected chi connectivity index (χ0v) is 19.9. The van der Waals surface area contributed by atoms with E-state index in [4.69, 9.17) is 0 Å². The molecule has 0 saturated heterocycles. The highest BCUT2D eigenvalue weighted by molar-refractivity contribution is 5.80. The van der Waals surface area contributed by atoms with E-state index in [1.165, 1.54) is 33.9 Å². The normalized spacial score (nSPS) is 16.0. The van der Waals surface area contributed by atoms with Gasteiger partial charge < -0.3 is 4.90 Å². The van der Waals surface area contributed by atoms with Crippen LogP contribution in [0.15, 0.2) is 103 Å². The minimum Gasteiger partial charge on any atom is -0.310 e. The van der Waals surface area contributed by atoms with Crippen LogP contribution in [0.4, 0.5) is 17.1 Å². The molecule has 33 heavy (non-hydrogen) atoms. The van der Waals surface area contributed by atoms with Crippen LogP contribution in [0.1, 0.15) is 51.5 Å². The fourth-order valence-electron chi connectivity index (χ4n) is 6.00. The number of hydrogen-bond acceptors (Lipinski definition) is 1. The Hall–Kier alpha value is -3.39. The average molecular weight is 434 g/mol. The van der Waals surface area contributed by atoms with Gasteiger partial charge in [-0.2, -0.15) is 4.57 Å². The highest BCUT2D eigenvalue weighted by Gasteiger charge is 2.50. The topological polar surface area (TPSA) is 7.12 Å². The van der Waals surface area contributed by atoms with Crippen molar-refractivity contribution in [2.24, 2.45) is 0 Å². The molecule has 0 bridgehead atoms. The molecule has 0 fully saturated rings. The molecule has 0 aliphatic carbocycles. The van der Waals surface area contributed by atoms with E-state index >= 15 is 0 Å². The van der Waals surface area contributed by atoms with Gasteiger partial charge in [0, 0.05) is 48.0 Å². The highest BCUT2D eigenvalue weighted by Crippen LogP contribution is 2.48. The molecule has 0 saturated carbocycles. The number of rotatable bonds is 6. The molecular formula is C31H33N2+. The fourth-order valence-corrected chi connectivity index (χ4v) is 6.00. The first-order chi connectivity index (χ1) is 16.2. The Morgan fingerprint density at radius 2 is 1.30 bits per heavy atom. The Labute approximate surface area is 198 Å². The third kappa shape index (κ3) is 3.45. The molecular weight excluding hydrogens is 400 g/mol. The minimum atomic E-state index is 0.123. The third-order valence-electron chi connectivity index (χ3n) is 7.60. The Bertz CT molecular complexity index is 1190. The van der Waals surface area contributed by atoms with Crippen molar-refractivity contribution in [1.29, 1.82) is 0 Å². The maximum atomic E-state index is 2.57. The van der Waals surface area contributed by atoms with Crippen LogP contribution in [-0.4, -0.2) is 0 Å². The molecule has 5 rings (SSSR count). The van der Waals surface area contributed by atoms with Crippen molar-refractivity contribution in [3.05, 3.63) is 109 Å². The predicted octanol–water partition coefficient (Wildman–Crippen LogP) is 8.13. The lowest BCUT2D eigenvalue weighted by Gasteiger charge is -2.40. The predicted molar refractivity (Wildman–Crippen MR) is 138 cm³/mol. The molecule has 3 aromatic carbocycles. The first-order valence-electron chi connectivity index (χ1n) is 12.3. The lowest BCUT2D eigenvalue weighted by molar-refractivity contribution is -0.762. The molecule has 4 aromatic rings. The molecule has 1 unspecified atom stereocenters. The van der Waals surface area contributed by atoms with E-state index in [9.17, 15) is 0 Å². The fraction of sp³-hybridized carbons (Fsp3) is 0.258. The van der Waals surface area contributed by atoms with Gasteiger partial charge in [0.05, 0.1) is 5.56 Å². The van der Waals surface area contributed by atoms with Gasteiger partial charge in [0.25, 0.3) is 0 Å². The van der Waals surface area contributed by atoms with Crippen LogP contribution >= 0.6 is 0 Å². The van der Waals surface area contributed by atoms with Crippen molar-refractivity contribution in [3.8, 4) is 11.3 Å². The Kier molecular flexibility index (Phi) is 5.76. The maximum Gasteiger partial charge on any atom is 0.213 e. The van der Waals surface area contributed by atoms with Gasteiger partial charge in [-0.05, 0) is 54.4 Å². The summed E-state index contributed by atoms with van der Waals surface area (Å²) >= 11 is 0. The number of nitrogens with zero attached hydrogens (tertiary/aromatic N) is 2. The van der Waals surface area contributed by atoms with Gasteiger partial charge in [-0.3, -0.25) is 0 Å². The Morgan fingerprint density at radius 3 is 1.88 bits per heavy atom. The summed E-state index contributed by atoms with van der Waals surface area (Å²) < 4.78 is 2.57. The van der Waals surface area contributed by atoms with Crippen LogP contribution in [0, 0.1) is 0 Å². The summed E-state index contributed by atoms with van der Waals surface area (Å²) in [6.07, 6.45) is 5.69. The van der Waals surface area contributed by atoms with Gasteiger partial charge in [-0.15, -0.1) is 0 Å². The quantitative estimate of drug-likeness (QED) is 0.278. The van der Waals surface area contributed by atoms with Crippen LogP contribution in [0.25, 0.3) is 11.3 Å². The number of hydrogen-bond donors (Lipinski definition) is 0. The number of para-hydroxylation sites is 2. The van der Waals surface area contributed by atoms with Gasteiger partial charge >= 0.3 is 0 Å². The van der Waals surface area contributed by atoms with E-state index in [2.05, 4.69) is 133 Å². The molecule has 0 N–H and O–H groups in total. The van der Waals surface area contributed by atoms with Crippen molar-refractivity contribution < 1.29 is 4.57 Å². The second kappa shape index (κ2) is 8.86. The number of pyridine rings is 1. The highest BCUT2D eigenvalue weighted by atomic mass is 15.1. The third-order valence-corrected chi connectivity index (χ3v) is 7.60. The molecule has 2 nitrogen and oxygen atoms in total. The van der Waals surface area contributed by atoms with Crippen molar-refractivity contribution in [3.63, 3.8) is 0 Å². The summed E-state index contributed by atoms with van der Waals surface area (Å²) in [6, 6.07) is 35.1. The average Bonchev–Trinajstić information content (AvgIpc) is 2.89. The molecule has 1 atom stereocenters. The summed E-state index contributed by atoms with van der Waals surface area (Å²) in [6.45, 7) is 7.04. The molecule has 1 aliphatic heterocycles. The van der Waals surface area contributed by atoms with Crippen LogP contribution in [-0.2, 0) is 5.54 Å². The Morgan fingerprint density at radius 1 is 0.697 bits per heavy atom. The molecule has 1 aliphatic rings. The van der Waals surface area contributed by atoms with Crippen molar-refractivity contribution in [2.45, 2.75) is 51.5 Å². The standard InChI is InChI=1S/C31H33N2/c1-4-29-27-21-20-26(33(24-15-9-7-10-16-24)25-17-11-8-12-18-25)23-28(27)30-19-13-14-22-32(30)31(29,5-2)6-3/h7-23,29H,4-6H2,1-3H3/q+1. The summed E-state index contributed by atoms with van der Waals surface area (Å²) in [7, 11) is 0. The SMILES string of the molecule is CCC1c2ccc(N(c3ccccc3)c3ccccc3)cc2-c2cccc[n+]2C1(CC)CC. The van der Waals surface area contributed by atoms with Gasteiger partial charge in [0.1, 0.15) is 0 Å². The number of aromatic nitrogens is 1. The van der Waals surface area contributed by atoms with Crippen LogP contribution in [0.2, 0.25) is 0 Å². The first kappa shape index (κ1) is 21.5. The zero-order valence-electron chi connectivity index (χ0n) is 19.9. The molecule has 1 aromatic heterocycles. The van der Waals surface area contributed by atoms with Crippen LogP contribution in [0.5, 0.6) is 0 Å². The lowest BCUT2D eigenvalue weighted by atomic mass is 9.69. The Balaban J connectivity index is 1.73. The molecule has 0 spiro atoms. The van der Waals surface area contributed by atoms with Crippen molar-refractivity contribution in [1.82, 2.24) is 0 Å². The van der Waals surface area contributed by atoms with Gasteiger partial charge in [0.15, 0.2) is 11.7 Å². The van der Waals surface area contributed by atoms with Crippen molar-refractivity contribution in [2.75, 3.05) is 4.90 Å². The van der Waals surface area contributed by atoms with E-state index in [0.717, 1.165) is 19.3 Å². The smallest absolute Gasteiger partial charge is 0.213 e. The van der Waals surface area contributed by atoms with Crippen LogP contribution in [0.3, 0.4) is 0 Å².